The Balaban J connectivity index is 2.30. The molecule has 0 unspecified atom stereocenters. The van der Waals surface area contributed by atoms with Gasteiger partial charge in [0.25, 0.3) is 5.91 Å². The molecule has 3 aromatic rings. The average Bonchev–Trinajstić information content (AvgIpc) is 3.22. The van der Waals surface area contributed by atoms with Crippen molar-refractivity contribution in [2.24, 2.45) is 10.7 Å². The Hall–Kier alpha value is -4.26. The maximum absolute atomic E-state index is 14.6. The van der Waals surface area contributed by atoms with Gasteiger partial charge in [0.1, 0.15) is 22.9 Å². The Labute approximate surface area is 204 Å². The highest BCUT2D eigenvalue weighted by atomic mass is 35.5. The fourth-order valence-corrected chi connectivity index (χ4v) is 3.24. The molecular formula is C22H15ClF5N5O3. The fourth-order valence-electron chi connectivity index (χ4n) is 2.99. The summed E-state index contributed by atoms with van der Waals surface area (Å²) in [4.78, 5) is 27.5. The van der Waals surface area contributed by atoms with E-state index in [1.165, 1.54) is 24.3 Å². The number of hydrazine groups is 1. The van der Waals surface area contributed by atoms with E-state index in [0.717, 1.165) is 25.1 Å². The normalized spacial score (nSPS) is 12.4. The SMILES string of the molecule is CC(=O)NNC(=O)c1c(-c2c(F)cccc2Cl)noc1C(=CN)C(=Nc1ccccc1F)C(F)(F)F. The maximum Gasteiger partial charge on any atom is 0.434 e. The number of hydrogen-bond donors (Lipinski definition) is 3. The number of halogens is 6. The first kappa shape index (κ1) is 26.3. The van der Waals surface area contributed by atoms with Gasteiger partial charge in [0.05, 0.1) is 21.8 Å². The molecule has 0 atom stereocenters. The lowest BCUT2D eigenvalue weighted by Gasteiger charge is -2.14. The summed E-state index contributed by atoms with van der Waals surface area (Å²) in [5, 5.41) is 3.30. The van der Waals surface area contributed by atoms with Crippen molar-refractivity contribution >= 4 is 40.4 Å². The van der Waals surface area contributed by atoms with Gasteiger partial charge in [0.15, 0.2) is 11.5 Å². The number of aromatic nitrogens is 1. The van der Waals surface area contributed by atoms with Crippen LogP contribution in [0.3, 0.4) is 0 Å². The Morgan fingerprint density at radius 1 is 1.08 bits per heavy atom. The molecule has 0 fully saturated rings. The molecule has 3 rings (SSSR count). The number of alkyl halides is 3. The lowest BCUT2D eigenvalue weighted by atomic mass is 9.99. The van der Waals surface area contributed by atoms with Crippen molar-refractivity contribution in [3.63, 3.8) is 0 Å². The quantitative estimate of drug-likeness (QED) is 0.252. The Bertz CT molecular complexity index is 1360. The second kappa shape index (κ2) is 10.6. The number of nitrogens with two attached hydrogens (primary N) is 1. The van der Waals surface area contributed by atoms with E-state index < -0.39 is 69.2 Å². The number of aliphatic imine (C=N–C) groups is 1. The summed E-state index contributed by atoms with van der Waals surface area (Å²) < 4.78 is 75.9. The molecule has 36 heavy (non-hydrogen) atoms. The largest absolute Gasteiger partial charge is 0.434 e. The monoisotopic (exact) mass is 527 g/mol. The van der Waals surface area contributed by atoms with Crippen LogP contribution in [0.2, 0.25) is 5.02 Å². The third kappa shape index (κ3) is 5.51. The first-order valence-corrected chi connectivity index (χ1v) is 10.2. The van der Waals surface area contributed by atoms with Gasteiger partial charge >= 0.3 is 6.18 Å². The smallest absolute Gasteiger partial charge is 0.404 e. The Morgan fingerprint density at radius 2 is 1.75 bits per heavy atom. The number of allylic oxidation sites excluding steroid dienone is 1. The molecule has 0 bridgehead atoms. The van der Waals surface area contributed by atoms with Crippen molar-refractivity contribution in [3.8, 4) is 11.3 Å². The molecule has 0 radical (unpaired) electrons. The highest BCUT2D eigenvalue weighted by molar-refractivity contribution is 6.34. The van der Waals surface area contributed by atoms with Crippen LogP contribution in [0.5, 0.6) is 0 Å². The number of hydrogen-bond acceptors (Lipinski definition) is 6. The standard InChI is InChI=1S/C22H15ClF5N5O3/c1-10(34)31-32-21(35)17-18(16-12(23)5-4-7-14(16)25)33-36-19(17)11(9-29)20(22(26,27)28)30-15-8-3-2-6-13(15)24/h2-9H,29H2,1H3,(H,31,34)(H,32,35). The summed E-state index contributed by atoms with van der Waals surface area (Å²) >= 11 is 6.04. The van der Waals surface area contributed by atoms with E-state index in [1.54, 1.807) is 0 Å². The minimum Gasteiger partial charge on any atom is -0.404 e. The van der Waals surface area contributed by atoms with Crippen LogP contribution in [0.1, 0.15) is 23.0 Å². The zero-order chi connectivity index (χ0) is 26.6. The van der Waals surface area contributed by atoms with E-state index in [9.17, 15) is 31.5 Å². The van der Waals surface area contributed by atoms with Gasteiger partial charge in [-0.05, 0) is 24.3 Å². The van der Waals surface area contributed by atoms with E-state index in [1.807, 2.05) is 10.9 Å². The minimum atomic E-state index is -5.23. The Kier molecular flexibility index (Phi) is 7.73. The number of nitrogens with zero attached hydrogens (tertiary/aromatic N) is 2. The average molecular weight is 528 g/mol. The van der Waals surface area contributed by atoms with E-state index in [2.05, 4.69) is 10.1 Å². The van der Waals surface area contributed by atoms with E-state index in [-0.39, 0.29) is 5.02 Å². The van der Waals surface area contributed by atoms with Gasteiger partial charge in [0.2, 0.25) is 5.91 Å². The van der Waals surface area contributed by atoms with Crippen LogP contribution < -0.4 is 16.6 Å². The lowest BCUT2D eigenvalue weighted by Crippen LogP contribution is -2.40. The Morgan fingerprint density at radius 3 is 2.33 bits per heavy atom. The van der Waals surface area contributed by atoms with Gasteiger partial charge in [-0.15, -0.1) is 0 Å². The predicted octanol–water partition coefficient (Wildman–Crippen LogP) is 4.69. The van der Waals surface area contributed by atoms with Crippen molar-refractivity contribution < 1.29 is 36.1 Å². The first-order valence-electron chi connectivity index (χ1n) is 9.79. The minimum absolute atomic E-state index is 0.252. The molecule has 0 spiro atoms. The van der Waals surface area contributed by atoms with Crippen LogP contribution >= 0.6 is 11.6 Å². The van der Waals surface area contributed by atoms with Gasteiger partial charge in [0, 0.05) is 13.1 Å². The number of carbonyl (C=O) groups is 2. The first-order chi connectivity index (χ1) is 17.0. The second-order valence-corrected chi connectivity index (χ2v) is 7.36. The fraction of sp³-hybridized carbons (Fsp3) is 0.0909. The van der Waals surface area contributed by atoms with Gasteiger partial charge in [-0.3, -0.25) is 20.4 Å². The molecule has 2 aromatic carbocycles. The molecule has 2 amide bonds. The molecular weight excluding hydrogens is 513 g/mol. The number of para-hydroxylation sites is 1. The number of nitrogens with one attached hydrogen (secondary N) is 2. The number of carbonyl (C=O) groups excluding carboxylic acids is 2. The van der Waals surface area contributed by atoms with E-state index in [0.29, 0.717) is 6.20 Å². The van der Waals surface area contributed by atoms with E-state index >= 15 is 0 Å². The van der Waals surface area contributed by atoms with Crippen molar-refractivity contribution in [2.75, 3.05) is 0 Å². The highest BCUT2D eigenvalue weighted by Gasteiger charge is 2.42. The molecule has 4 N–H and O–H groups in total. The van der Waals surface area contributed by atoms with Gasteiger partial charge < -0.3 is 10.3 Å². The summed E-state index contributed by atoms with van der Waals surface area (Å²) in [5.74, 6) is -4.94. The van der Waals surface area contributed by atoms with Crippen LogP contribution in [-0.2, 0) is 4.79 Å². The topological polar surface area (TPSA) is 123 Å². The summed E-state index contributed by atoms with van der Waals surface area (Å²) in [5.41, 5.74) is 4.06. The summed E-state index contributed by atoms with van der Waals surface area (Å²) in [6.07, 6.45) is -4.82. The molecule has 0 aliphatic rings. The molecule has 1 aromatic heterocycles. The summed E-state index contributed by atoms with van der Waals surface area (Å²) in [6, 6.07) is 7.80. The third-order valence-electron chi connectivity index (χ3n) is 4.49. The van der Waals surface area contributed by atoms with Crippen molar-refractivity contribution in [1.82, 2.24) is 16.0 Å². The van der Waals surface area contributed by atoms with Crippen LogP contribution in [0.15, 0.2) is 58.2 Å². The van der Waals surface area contributed by atoms with E-state index in [4.69, 9.17) is 21.9 Å². The van der Waals surface area contributed by atoms with Crippen LogP contribution in [0, 0.1) is 11.6 Å². The van der Waals surface area contributed by atoms with Gasteiger partial charge in [-0.1, -0.05) is 35.0 Å². The van der Waals surface area contributed by atoms with Crippen LogP contribution in [0.25, 0.3) is 16.8 Å². The van der Waals surface area contributed by atoms with Gasteiger partial charge in [-0.25, -0.2) is 13.8 Å². The molecule has 14 heteroatoms. The third-order valence-corrected chi connectivity index (χ3v) is 4.81. The number of amides is 2. The van der Waals surface area contributed by atoms with Crippen molar-refractivity contribution in [1.29, 1.82) is 0 Å². The van der Waals surface area contributed by atoms with Crippen LogP contribution in [-0.4, -0.2) is 28.9 Å². The maximum atomic E-state index is 14.6. The molecule has 8 nitrogen and oxygen atoms in total. The number of benzene rings is 2. The zero-order valence-corrected chi connectivity index (χ0v) is 18.8. The molecule has 0 aliphatic heterocycles. The zero-order valence-electron chi connectivity index (χ0n) is 18.1. The molecule has 0 aliphatic carbocycles. The van der Waals surface area contributed by atoms with Crippen molar-refractivity contribution in [3.05, 3.63) is 76.6 Å². The molecule has 0 saturated heterocycles. The lowest BCUT2D eigenvalue weighted by molar-refractivity contribution is -0.119. The molecule has 188 valence electrons. The predicted molar refractivity (Wildman–Crippen MR) is 120 cm³/mol. The summed E-state index contributed by atoms with van der Waals surface area (Å²) in [7, 11) is 0. The van der Waals surface area contributed by atoms with Crippen molar-refractivity contribution in [2.45, 2.75) is 13.1 Å². The number of rotatable bonds is 5. The second-order valence-electron chi connectivity index (χ2n) is 6.96. The molecule has 1 heterocycles. The van der Waals surface area contributed by atoms with Gasteiger partial charge in [-0.2, -0.15) is 13.2 Å². The molecule has 0 saturated carbocycles. The highest BCUT2D eigenvalue weighted by Crippen LogP contribution is 2.38. The van der Waals surface area contributed by atoms with Crippen LogP contribution in [0.4, 0.5) is 27.6 Å². The summed E-state index contributed by atoms with van der Waals surface area (Å²) in [6.45, 7) is 1.04.